The number of carbonyl (C=O) groups is 1. The van der Waals surface area contributed by atoms with Crippen molar-refractivity contribution in [2.45, 2.75) is 7.43 Å². The number of carbonyl (C=O) groups excluding carboxylic acids is 1. The number of nitrogens with two attached hydrogens (primary N) is 3. The highest BCUT2D eigenvalue weighted by Gasteiger charge is 1.93. The summed E-state index contributed by atoms with van der Waals surface area (Å²) in [5.74, 6) is 0.125. The Morgan fingerprint density at radius 2 is 1.00 bits per heavy atom. The zero-order chi connectivity index (χ0) is 8.85. The maximum Gasteiger partial charge on any atom is 0.226 e. The summed E-state index contributed by atoms with van der Waals surface area (Å²) in [6.07, 6.45) is 0. The third-order valence-corrected chi connectivity index (χ3v) is 0.687. The van der Waals surface area contributed by atoms with Gasteiger partial charge >= 0.3 is 0 Å². The van der Waals surface area contributed by atoms with Crippen LogP contribution in [0.25, 0.3) is 0 Å². The molecule has 68 valence electrons. The van der Waals surface area contributed by atoms with E-state index in [-0.39, 0.29) is 25.3 Å². The molecular weight excluding hydrogens is 160 g/mol. The molecule has 0 aliphatic carbocycles. The highest BCUT2D eigenvalue weighted by molar-refractivity contribution is 5.33. The summed E-state index contributed by atoms with van der Waals surface area (Å²) in [6, 6.07) is 0. The van der Waals surface area contributed by atoms with Gasteiger partial charge < -0.3 is 22.0 Å². The number of aromatic nitrogens is 3. The molecule has 0 atom stereocenters. The number of hydrogen-bond acceptors (Lipinski definition) is 7. The van der Waals surface area contributed by atoms with Crippen molar-refractivity contribution >= 4 is 24.6 Å². The maximum absolute atomic E-state index is 8.00. The van der Waals surface area contributed by atoms with E-state index < -0.39 is 0 Å². The number of hydrogen-bond donors (Lipinski definition) is 3. The van der Waals surface area contributed by atoms with Crippen molar-refractivity contribution < 1.29 is 4.79 Å². The van der Waals surface area contributed by atoms with Crippen LogP contribution in [0.15, 0.2) is 0 Å². The van der Waals surface area contributed by atoms with Gasteiger partial charge in [0.25, 0.3) is 0 Å². The van der Waals surface area contributed by atoms with Crippen LogP contribution in [-0.4, -0.2) is 21.7 Å². The molecular formula is C5H12N6O. The lowest BCUT2D eigenvalue weighted by atomic mass is 10.9. The van der Waals surface area contributed by atoms with Crippen molar-refractivity contribution in [3.8, 4) is 0 Å². The molecule has 0 spiro atoms. The molecule has 0 saturated heterocycles. The minimum absolute atomic E-state index is 0. The lowest BCUT2D eigenvalue weighted by Crippen LogP contribution is -2.05. The van der Waals surface area contributed by atoms with Crippen LogP contribution in [0.4, 0.5) is 17.8 Å². The second kappa shape index (κ2) is 5.83. The van der Waals surface area contributed by atoms with Crippen LogP contribution in [-0.2, 0) is 4.79 Å². The van der Waals surface area contributed by atoms with Crippen molar-refractivity contribution in [3.63, 3.8) is 0 Å². The molecule has 0 amide bonds. The molecule has 0 unspecified atom stereocenters. The summed E-state index contributed by atoms with van der Waals surface area (Å²) in [7, 11) is 0. The highest BCUT2D eigenvalue weighted by atomic mass is 16.1. The van der Waals surface area contributed by atoms with Gasteiger partial charge in [-0.15, -0.1) is 0 Å². The van der Waals surface area contributed by atoms with E-state index in [9.17, 15) is 0 Å². The van der Waals surface area contributed by atoms with Crippen molar-refractivity contribution in [1.29, 1.82) is 0 Å². The first kappa shape index (κ1) is 12.7. The lowest BCUT2D eigenvalue weighted by molar-refractivity contribution is -0.0979. The summed E-state index contributed by atoms with van der Waals surface area (Å²) in [5, 5.41) is 0. The molecule has 1 aromatic rings. The summed E-state index contributed by atoms with van der Waals surface area (Å²) < 4.78 is 0. The normalized spacial score (nSPS) is 7.33. The van der Waals surface area contributed by atoms with Gasteiger partial charge in [0.05, 0.1) is 0 Å². The number of nitrogen functional groups attached to an aromatic ring is 3. The van der Waals surface area contributed by atoms with Gasteiger partial charge in [-0.05, 0) is 0 Å². The van der Waals surface area contributed by atoms with Crippen LogP contribution in [0.2, 0.25) is 0 Å². The first-order valence-electron chi connectivity index (χ1n) is 2.50. The Balaban J connectivity index is 0. The van der Waals surface area contributed by atoms with Crippen molar-refractivity contribution in [2.24, 2.45) is 0 Å². The Morgan fingerprint density at radius 3 is 1.17 bits per heavy atom. The monoisotopic (exact) mass is 172 g/mol. The van der Waals surface area contributed by atoms with Gasteiger partial charge in [-0.1, -0.05) is 7.43 Å². The number of nitrogens with zero attached hydrogens (tertiary/aromatic N) is 3. The Morgan fingerprint density at radius 1 is 0.833 bits per heavy atom. The number of rotatable bonds is 0. The zero-order valence-electron chi connectivity index (χ0n) is 5.69. The molecule has 1 heterocycles. The first-order chi connectivity index (χ1) is 5.18. The van der Waals surface area contributed by atoms with Crippen LogP contribution >= 0.6 is 0 Å². The van der Waals surface area contributed by atoms with E-state index in [1.165, 1.54) is 0 Å². The Hall–Kier alpha value is -1.92. The molecule has 12 heavy (non-hydrogen) atoms. The summed E-state index contributed by atoms with van der Waals surface area (Å²) >= 11 is 0. The van der Waals surface area contributed by atoms with Crippen LogP contribution < -0.4 is 17.2 Å². The van der Waals surface area contributed by atoms with Crippen LogP contribution in [0.3, 0.4) is 0 Å². The van der Waals surface area contributed by atoms with Crippen LogP contribution in [0.5, 0.6) is 0 Å². The third kappa shape index (κ3) is 3.99. The highest BCUT2D eigenvalue weighted by Crippen LogP contribution is 1.97. The molecule has 6 N–H and O–H groups in total. The van der Waals surface area contributed by atoms with Gasteiger partial charge in [0.2, 0.25) is 17.8 Å². The molecule has 0 fully saturated rings. The molecule has 7 heteroatoms. The van der Waals surface area contributed by atoms with Crippen molar-refractivity contribution in [3.05, 3.63) is 0 Å². The Labute approximate surface area is 70.0 Å². The molecule has 0 radical (unpaired) electrons. The van der Waals surface area contributed by atoms with Crippen molar-refractivity contribution in [1.82, 2.24) is 15.0 Å². The first-order valence-corrected chi connectivity index (χ1v) is 2.50. The van der Waals surface area contributed by atoms with Gasteiger partial charge in [0.1, 0.15) is 6.79 Å². The predicted octanol–water partition coefficient (Wildman–Crippen LogP) is -0.931. The van der Waals surface area contributed by atoms with Gasteiger partial charge in [-0.2, -0.15) is 15.0 Å². The lowest BCUT2D eigenvalue weighted by Gasteiger charge is -1.93. The van der Waals surface area contributed by atoms with Gasteiger partial charge in [0.15, 0.2) is 0 Å². The van der Waals surface area contributed by atoms with Crippen molar-refractivity contribution in [2.75, 3.05) is 17.2 Å². The van der Waals surface area contributed by atoms with Crippen LogP contribution in [0, 0.1) is 0 Å². The van der Waals surface area contributed by atoms with E-state index in [1.807, 2.05) is 6.79 Å². The molecule has 7 nitrogen and oxygen atoms in total. The number of anilines is 3. The minimum Gasteiger partial charge on any atom is -0.368 e. The van der Waals surface area contributed by atoms with E-state index in [4.69, 9.17) is 22.0 Å². The molecule has 0 aromatic carbocycles. The zero-order valence-corrected chi connectivity index (χ0v) is 5.69. The Bertz CT molecular complexity index is 189. The molecule has 0 aliphatic rings. The van der Waals surface area contributed by atoms with E-state index >= 15 is 0 Å². The fourth-order valence-electron chi connectivity index (χ4n) is 0.427. The molecule has 1 aromatic heterocycles. The second-order valence-electron chi connectivity index (χ2n) is 1.41. The molecule has 0 bridgehead atoms. The fourth-order valence-corrected chi connectivity index (χ4v) is 0.427. The largest absolute Gasteiger partial charge is 0.368 e. The maximum atomic E-state index is 8.00. The average molecular weight is 172 g/mol. The predicted molar refractivity (Wildman–Crippen MR) is 46.9 cm³/mol. The third-order valence-electron chi connectivity index (χ3n) is 0.687. The Kier molecular flexibility index (Phi) is 6.19. The van der Waals surface area contributed by atoms with E-state index in [2.05, 4.69) is 15.0 Å². The van der Waals surface area contributed by atoms with Crippen LogP contribution in [0.1, 0.15) is 7.43 Å². The smallest absolute Gasteiger partial charge is 0.226 e. The summed E-state index contributed by atoms with van der Waals surface area (Å²) in [6.45, 7) is 2.00. The SMILES string of the molecule is C.C=O.Nc1nc(N)nc(N)n1. The molecule has 0 aliphatic heterocycles. The fraction of sp³-hybridized carbons (Fsp3) is 0.200. The minimum atomic E-state index is 0. The average Bonchev–Trinajstić information content (AvgIpc) is 1.88. The van der Waals surface area contributed by atoms with Gasteiger partial charge in [0, 0.05) is 0 Å². The van der Waals surface area contributed by atoms with Gasteiger partial charge in [-0.3, -0.25) is 0 Å². The van der Waals surface area contributed by atoms with Gasteiger partial charge in [-0.25, -0.2) is 0 Å². The summed E-state index contributed by atoms with van der Waals surface area (Å²) in [5.41, 5.74) is 15.4. The van der Waals surface area contributed by atoms with E-state index in [0.717, 1.165) is 0 Å². The second-order valence-corrected chi connectivity index (χ2v) is 1.41. The summed E-state index contributed by atoms with van der Waals surface area (Å²) in [4.78, 5) is 18.5. The quantitative estimate of drug-likeness (QED) is 0.460. The standard InChI is InChI=1S/C3H6N6.CH2O.CH4/c4-1-7-2(5)9-3(6)8-1;1-2;/h(H6,4,5,6,7,8,9);1H2;1H4. The van der Waals surface area contributed by atoms with E-state index in [1.54, 1.807) is 0 Å². The topological polar surface area (TPSA) is 134 Å². The molecule has 1 rings (SSSR count). The van der Waals surface area contributed by atoms with E-state index in [0.29, 0.717) is 0 Å². The molecule has 0 saturated carbocycles.